The maximum absolute atomic E-state index is 10.6. The number of alkyl halides is 2. The van der Waals surface area contributed by atoms with Gasteiger partial charge in [-0.1, -0.05) is 0 Å². The fourth-order valence-corrected chi connectivity index (χ4v) is 0. The number of halogens is 2. The number of hydrogen-bond acceptors (Lipinski definition) is 2. The molecular formula is C4H8F2O3. The molecule has 0 aliphatic heterocycles. The number of aliphatic carboxylic acids is 1. The lowest BCUT2D eigenvalue weighted by Crippen LogP contribution is -1.96. The summed E-state index contributed by atoms with van der Waals surface area (Å²) < 4.78 is 21.1. The predicted molar refractivity (Wildman–Crippen MR) is 26.4 cm³/mol. The molecule has 0 aliphatic rings. The van der Waals surface area contributed by atoms with E-state index in [9.17, 15) is 8.78 Å². The van der Waals surface area contributed by atoms with Crippen molar-refractivity contribution in [3.63, 3.8) is 0 Å². The lowest BCUT2D eigenvalue weighted by Gasteiger charge is -1.82. The monoisotopic (exact) mass is 142 g/mol. The van der Waals surface area contributed by atoms with Crippen LogP contribution in [0.15, 0.2) is 0 Å². The lowest BCUT2D eigenvalue weighted by atomic mass is 10.8. The van der Waals surface area contributed by atoms with Crippen molar-refractivity contribution in [2.24, 2.45) is 0 Å². The molecule has 56 valence electrons. The molecule has 9 heavy (non-hydrogen) atoms. The van der Waals surface area contributed by atoms with Gasteiger partial charge in [0, 0.05) is 6.92 Å². The Kier molecular flexibility index (Phi) is 9.02. The number of rotatable bonds is 1. The maximum Gasteiger partial charge on any atom is 0.300 e. The van der Waals surface area contributed by atoms with E-state index in [-0.39, 0.29) is 0 Å². The second-order valence-electron chi connectivity index (χ2n) is 1.11. The molecule has 0 fully saturated rings. The minimum atomic E-state index is -2.28. The number of carbonyl (C=O) groups is 1. The molecule has 0 saturated heterocycles. The fourth-order valence-electron chi connectivity index (χ4n) is 0. The van der Waals surface area contributed by atoms with Crippen LogP contribution in [0.25, 0.3) is 0 Å². The van der Waals surface area contributed by atoms with E-state index in [2.05, 4.69) is 0 Å². The quantitative estimate of drug-likeness (QED) is 0.554. The summed E-state index contributed by atoms with van der Waals surface area (Å²) in [6.07, 6.45) is -2.28. The van der Waals surface area contributed by atoms with Gasteiger partial charge in [0.2, 0.25) is 6.36 Å². The fraction of sp³-hybridized carbons (Fsp3) is 0.750. The average Bonchev–Trinajstić information content (AvgIpc) is 1.65. The third kappa shape index (κ3) is 123. The first-order valence-electron chi connectivity index (χ1n) is 2.08. The Morgan fingerprint density at radius 3 is 1.89 bits per heavy atom. The highest BCUT2D eigenvalue weighted by atomic mass is 19.2. The van der Waals surface area contributed by atoms with E-state index in [4.69, 9.17) is 15.0 Å². The molecule has 0 radical (unpaired) electrons. The van der Waals surface area contributed by atoms with Crippen molar-refractivity contribution < 1.29 is 23.8 Å². The van der Waals surface area contributed by atoms with Gasteiger partial charge in [0.25, 0.3) is 5.97 Å². The van der Waals surface area contributed by atoms with Crippen molar-refractivity contribution in [3.05, 3.63) is 0 Å². The summed E-state index contributed by atoms with van der Waals surface area (Å²) in [4.78, 5) is 9.00. The molecule has 0 rings (SSSR count). The number of hydrogen-bond donors (Lipinski definition) is 2. The van der Waals surface area contributed by atoms with Crippen molar-refractivity contribution in [1.29, 1.82) is 0 Å². The van der Waals surface area contributed by atoms with Crippen molar-refractivity contribution >= 4 is 5.97 Å². The zero-order chi connectivity index (χ0) is 7.86. The highest BCUT2D eigenvalue weighted by molar-refractivity contribution is 5.62. The van der Waals surface area contributed by atoms with Gasteiger partial charge in [-0.15, -0.1) is 0 Å². The van der Waals surface area contributed by atoms with Crippen LogP contribution < -0.4 is 0 Å². The number of carboxylic acids is 1. The van der Waals surface area contributed by atoms with E-state index >= 15 is 0 Å². The Morgan fingerprint density at radius 1 is 1.78 bits per heavy atom. The van der Waals surface area contributed by atoms with E-state index in [1.165, 1.54) is 0 Å². The number of carboxylic acid groups (broad SMARTS) is 1. The lowest BCUT2D eigenvalue weighted by molar-refractivity contribution is -0.134. The minimum absolute atomic E-state index is 0.833. The molecule has 0 bridgehead atoms. The molecule has 3 nitrogen and oxygen atoms in total. The molecule has 1 unspecified atom stereocenters. The molecule has 0 spiro atoms. The van der Waals surface area contributed by atoms with Crippen molar-refractivity contribution in [3.8, 4) is 0 Å². The summed E-state index contributed by atoms with van der Waals surface area (Å²) in [5.74, 6) is -0.833. The Bertz CT molecular complexity index is 70.2. The van der Waals surface area contributed by atoms with Crippen LogP contribution in [0.2, 0.25) is 0 Å². The third-order valence-electron chi connectivity index (χ3n) is 0.127. The average molecular weight is 142 g/mol. The molecule has 0 heterocycles. The largest absolute Gasteiger partial charge is 0.481 e. The van der Waals surface area contributed by atoms with Crippen LogP contribution >= 0.6 is 0 Å². The molecule has 0 amide bonds. The number of aliphatic hydroxyl groups is 1. The zero-order valence-corrected chi connectivity index (χ0v) is 4.84. The van der Waals surface area contributed by atoms with Crippen LogP contribution in [0.5, 0.6) is 0 Å². The van der Waals surface area contributed by atoms with Gasteiger partial charge in [0.1, 0.15) is 6.67 Å². The predicted octanol–water partition coefficient (Wildman–Crippen LogP) is 0.335. The van der Waals surface area contributed by atoms with Gasteiger partial charge in [-0.05, 0) is 0 Å². The Hall–Kier alpha value is -0.710. The topological polar surface area (TPSA) is 57.5 Å². The van der Waals surface area contributed by atoms with Crippen LogP contribution in [-0.4, -0.2) is 29.2 Å². The van der Waals surface area contributed by atoms with E-state index in [0.29, 0.717) is 0 Å². The van der Waals surface area contributed by atoms with Gasteiger partial charge in [-0.25, -0.2) is 8.78 Å². The zero-order valence-electron chi connectivity index (χ0n) is 4.84. The maximum atomic E-state index is 10.6. The Balaban J connectivity index is 0. The first-order chi connectivity index (χ1) is 4.00. The molecule has 0 aromatic heterocycles. The van der Waals surface area contributed by atoms with Crippen LogP contribution in [0, 0.1) is 0 Å². The van der Waals surface area contributed by atoms with Gasteiger partial charge in [-0.3, -0.25) is 4.79 Å². The second kappa shape index (κ2) is 7.29. The SMILES string of the molecule is CC(=O)O.OC(F)CF. The van der Waals surface area contributed by atoms with Crippen molar-refractivity contribution in [2.75, 3.05) is 6.67 Å². The molecule has 0 saturated carbocycles. The molecule has 2 N–H and O–H groups in total. The molecule has 5 heteroatoms. The van der Waals surface area contributed by atoms with E-state index in [1.54, 1.807) is 0 Å². The van der Waals surface area contributed by atoms with Crippen molar-refractivity contribution in [1.82, 2.24) is 0 Å². The molecular weight excluding hydrogens is 134 g/mol. The van der Waals surface area contributed by atoms with Gasteiger partial charge in [0.05, 0.1) is 0 Å². The molecule has 1 atom stereocenters. The van der Waals surface area contributed by atoms with Crippen LogP contribution in [0.3, 0.4) is 0 Å². The summed E-state index contributed by atoms with van der Waals surface area (Å²) in [5.41, 5.74) is 0. The smallest absolute Gasteiger partial charge is 0.300 e. The van der Waals surface area contributed by atoms with E-state index in [0.717, 1.165) is 6.92 Å². The van der Waals surface area contributed by atoms with Crippen LogP contribution in [0.4, 0.5) is 8.78 Å². The van der Waals surface area contributed by atoms with Gasteiger partial charge in [-0.2, -0.15) is 0 Å². The van der Waals surface area contributed by atoms with Gasteiger partial charge < -0.3 is 10.2 Å². The summed E-state index contributed by atoms with van der Waals surface area (Å²) in [7, 11) is 0. The molecule has 0 aliphatic carbocycles. The first kappa shape index (κ1) is 11.1. The highest BCUT2D eigenvalue weighted by Gasteiger charge is 1.91. The van der Waals surface area contributed by atoms with Crippen molar-refractivity contribution in [2.45, 2.75) is 13.3 Å². The standard InChI is InChI=1S/C2H4F2O.C2H4O2/c3-1-2(4)5;1-2(3)4/h2,5H,1H2;1H3,(H,3,4). The van der Waals surface area contributed by atoms with Crippen LogP contribution in [0.1, 0.15) is 6.92 Å². The van der Waals surface area contributed by atoms with Gasteiger partial charge in [0.15, 0.2) is 0 Å². The summed E-state index contributed by atoms with van der Waals surface area (Å²) in [5, 5.41) is 14.7. The third-order valence-corrected chi connectivity index (χ3v) is 0.127. The summed E-state index contributed by atoms with van der Waals surface area (Å²) in [6, 6.07) is 0. The Morgan fingerprint density at radius 2 is 1.89 bits per heavy atom. The first-order valence-corrected chi connectivity index (χ1v) is 2.08. The van der Waals surface area contributed by atoms with Gasteiger partial charge >= 0.3 is 0 Å². The Labute approximate surface area is 50.9 Å². The van der Waals surface area contributed by atoms with Crippen LogP contribution in [-0.2, 0) is 4.79 Å². The highest BCUT2D eigenvalue weighted by Crippen LogP contribution is 1.79. The minimum Gasteiger partial charge on any atom is -0.481 e. The number of aliphatic hydroxyl groups excluding tert-OH is 1. The summed E-state index contributed by atoms with van der Waals surface area (Å²) in [6.45, 7) is -0.222. The molecule has 0 aromatic rings. The molecule has 0 aromatic carbocycles. The second-order valence-corrected chi connectivity index (χ2v) is 1.11. The summed E-state index contributed by atoms with van der Waals surface area (Å²) >= 11 is 0. The van der Waals surface area contributed by atoms with E-state index < -0.39 is 19.0 Å². The normalized spacial score (nSPS) is 11.1. The van der Waals surface area contributed by atoms with E-state index in [1.807, 2.05) is 0 Å².